The fourth-order valence-electron chi connectivity index (χ4n) is 2.15. The Bertz CT molecular complexity index is 386. The van der Waals surface area contributed by atoms with Gasteiger partial charge < -0.3 is 5.32 Å². The Morgan fingerprint density at radius 1 is 1.33 bits per heavy atom. The Morgan fingerprint density at radius 2 is 2.00 bits per heavy atom. The average Bonchev–Trinajstić information content (AvgIpc) is 2.37. The van der Waals surface area contributed by atoms with Crippen LogP contribution >= 0.6 is 28.3 Å². The summed E-state index contributed by atoms with van der Waals surface area (Å²) < 4.78 is 27.1. The number of nitrogens with zero attached hydrogens (tertiary/aromatic N) is 1. The van der Waals surface area contributed by atoms with Crippen LogP contribution in [-0.4, -0.2) is 37.8 Å². The number of piperazine rings is 1. The molecule has 2 nitrogen and oxygen atoms in total. The van der Waals surface area contributed by atoms with E-state index < -0.39 is 6.67 Å². The van der Waals surface area contributed by atoms with Crippen LogP contribution in [0.15, 0.2) is 22.7 Å². The van der Waals surface area contributed by atoms with E-state index in [1.165, 1.54) is 6.07 Å². The van der Waals surface area contributed by atoms with Crippen molar-refractivity contribution in [2.75, 3.05) is 32.9 Å². The van der Waals surface area contributed by atoms with Gasteiger partial charge in [-0.15, -0.1) is 12.4 Å². The molecule has 1 aromatic rings. The highest BCUT2D eigenvalue weighted by molar-refractivity contribution is 9.10. The van der Waals surface area contributed by atoms with Crippen molar-refractivity contribution in [1.29, 1.82) is 0 Å². The summed E-state index contributed by atoms with van der Waals surface area (Å²) in [5.74, 6) is -0.337. The molecule has 0 aliphatic carbocycles. The van der Waals surface area contributed by atoms with E-state index in [4.69, 9.17) is 0 Å². The number of alkyl halides is 1. The van der Waals surface area contributed by atoms with Crippen molar-refractivity contribution in [3.63, 3.8) is 0 Å². The summed E-state index contributed by atoms with van der Waals surface area (Å²) in [4.78, 5) is 2.05. The molecule has 0 spiro atoms. The zero-order valence-electron chi connectivity index (χ0n) is 9.83. The topological polar surface area (TPSA) is 15.3 Å². The first-order valence-electron chi connectivity index (χ1n) is 5.68. The molecule has 0 saturated carbocycles. The monoisotopic (exact) mass is 340 g/mol. The first kappa shape index (κ1) is 15.8. The Labute approximate surface area is 120 Å². The third kappa shape index (κ3) is 3.41. The molecule has 0 unspecified atom stereocenters. The van der Waals surface area contributed by atoms with E-state index in [1.807, 2.05) is 0 Å². The molecule has 0 bridgehead atoms. The third-order valence-electron chi connectivity index (χ3n) is 3.08. The molecule has 0 aromatic heterocycles. The molecule has 1 atom stereocenters. The predicted molar refractivity (Wildman–Crippen MR) is 74.5 cm³/mol. The highest BCUT2D eigenvalue weighted by Gasteiger charge is 2.24. The summed E-state index contributed by atoms with van der Waals surface area (Å²) in [6.07, 6.45) is 0. The molecule has 18 heavy (non-hydrogen) atoms. The summed E-state index contributed by atoms with van der Waals surface area (Å²) in [6, 6.07) is 4.42. The van der Waals surface area contributed by atoms with Crippen LogP contribution in [0, 0.1) is 5.82 Å². The zero-order chi connectivity index (χ0) is 12.3. The lowest BCUT2D eigenvalue weighted by molar-refractivity contribution is 0.147. The summed E-state index contributed by atoms with van der Waals surface area (Å²) in [5, 5.41) is 3.22. The molecular weight excluding hydrogens is 325 g/mol. The van der Waals surface area contributed by atoms with Crippen LogP contribution in [0.1, 0.15) is 11.6 Å². The fraction of sp³-hybridized carbons (Fsp3) is 0.500. The molecule has 1 N–H and O–H groups in total. The van der Waals surface area contributed by atoms with Crippen molar-refractivity contribution in [2.45, 2.75) is 6.04 Å². The van der Waals surface area contributed by atoms with E-state index in [-0.39, 0.29) is 24.3 Å². The molecular formula is C12H16BrClF2N2. The van der Waals surface area contributed by atoms with Crippen LogP contribution in [-0.2, 0) is 0 Å². The number of hydrogen-bond acceptors (Lipinski definition) is 2. The van der Waals surface area contributed by atoms with Crippen LogP contribution in [0.3, 0.4) is 0 Å². The number of nitrogens with one attached hydrogen (secondary N) is 1. The van der Waals surface area contributed by atoms with Crippen molar-refractivity contribution >= 4 is 28.3 Å². The molecule has 102 valence electrons. The van der Waals surface area contributed by atoms with Crippen molar-refractivity contribution in [3.05, 3.63) is 34.1 Å². The normalized spacial score (nSPS) is 18.2. The number of benzene rings is 1. The standard InChI is InChI=1S/C12H15BrF2N2.ClH/c13-12-9(2-1-3-10(12)15)11(8-14)17-6-4-16-5-7-17;/h1-3,11,16H,4-8H2;1H/t11-;/m0./s1. The van der Waals surface area contributed by atoms with Gasteiger partial charge in [-0.3, -0.25) is 4.90 Å². The van der Waals surface area contributed by atoms with Crippen molar-refractivity contribution < 1.29 is 8.78 Å². The van der Waals surface area contributed by atoms with Gasteiger partial charge in [-0.05, 0) is 27.6 Å². The lowest BCUT2D eigenvalue weighted by atomic mass is 10.1. The SMILES string of the molecule is Cl.FC[C@@H](c1cccc(F)c1Br)N1CCNCC1. The van der Waals surface area contributed by atoms with Crippen LogP contribution in [0.25, 0.3) is 0 Å². The van der Waals surface area contributed by atoms with Gasteiger partial charge in [0.15, 0.2) is 0 Å². The highest BCUT2D eigenvalue weighted by Crippen LogP contribution is 2.30. The summed E-state index contributed by atoms with van der Waals surface area (Å²) >= 11 is 3.20. The van der Waals surface area contributed by atoms with E-state index in [1.54, 1.807) is 12.1 Å². The fourth-order valence-corrected chi connectivity index (χ4v) is 2.68. The molecule has 1 aliphatic rings. The Morgan fingerprint density at radius 3 is 2.61 bits per heavy atom. The van der Waals surface area contributed by atoms with Gasteiger partial charge in [-0.25, -0.2) is 8.78 Å². The minimum absolute atomic E-state index is 0. The summed E-state index contributed by atoms with van der Waals surface area (Å²) in [5.41, 5.74) is 0.689. The number of rotatable bonds is 3. The van der Waals surface area contributed by atoms with Crippen LogP contribution < -0.4 is 5.32 Å². The molecule has 1 aromatic carbocycles. The van der Waals surface area contributed by atoms with E-state index >= 15 is 0 Å². The average molecular weight is 342 g/mol. The van der Waals surface area contributed by atoms with Crippen LogP contribution in [0.5, 0.6) is 0 Å². The minimum Gasteiger partial charge on any atom is -0.314 e. The lowest BCUT2D eigenvalue weighted by Gasteiger charge is -2.34. The van der Waals surface area contributed by atoms with Gasteiger partial charge in [0.05, 0.1) is 10.5 Å². The Hall–Kier alpha value is -0.230. The van der Waals surface area contributed by atoms with Gasteiger partial charge in [0.25, 0.3) is 0 Å². The second-order valence-electron chi connectivity index (χ2n) is 4.10. The Kier molecular flexibility index (Phi) is 6.49. The van der Waals surface area contributed by atoms with E-state index in [9.17, 15) is 8.78 Å². The van der Waals surface area contributed by atoms with E-state index in [0.717, 1.165) is 26.2 Å². The van der Waals surface area contributed by atoms with Gasteiger partial charge in [0, 0.05) is 26.2 Å². The summed E-state index contributed by atoms with van der Waals surface area (Å²) in [6.45, 7) is 2.78. The van der Waals surface area contributed by atoms with Gasteiger partial charge in [-0.1, -0.05) is 12.1 Å². The molecule has 1 saturated heterocycles. The van der Waals surface area contributed by atoms with Gasteiger partial charge in [0.1, 0.15) is 12.5 Å². The maximum Gasteiger partial charge on any atom is 0.137 e. The molecule has 1 aliphatic heterocycles. The molecule has 0 radical (unpaired) electrons. The Balaban J connectivity index is 0.00000162. The minimum atomic E-state index is -0.498. The molecule has 2 rings (SSSR count). The largest absolute Gasteiger partial charge is 0.314 e. The maximum absolute atomic E-state index is 13.4. The number of hydrogen-bond donors (Lipinski definition) is 1. The zero-order valence-corrected chi connectivity index (χ0v) is 12.2. The van der Waals surface area contributed by atoms with E-state index in [2.05, 4.69) is 26.1 Å². The van der Waals surface area contributed by atoms with Crippen LogP contribution in [0.2, 0.25) is 0 Å². The second-order valence-corrected chi connectivity index (χ2v) is 4.89. The summed E-state index contributed by atoms with van der Waals surface area (Å²) in [7, 11) is 0. The predicted octanol–water partition coefficient (Wildman–Crippen LogP) is 2.93. The second kappa shape index (κ2) is 7.38. The van der Waals surface area contributed by atoms with Crippen LogP contribution in [0.4, 0.5) is 8.78 Å². The smallest absolute Gasteiger partial charge is 0.137 e. The van der Waals surface area contributed by atoms with Gasteiger partial charge in [0.2, 0.25) is 0 Å². The van der Waals surface area contributed by atoms with Crippen molar-refractivity contribution in [1.82, 2.24) is 10.2 Å². The molecule has 6 heteroatoms. The first-order valence-corrected chi connectivity index (χ1v) is 6.48. The van der Waals surface area contributed by atoms with E-state index in [0.29, 0.717) is 10.0 Å². The molecule has 0 amide bonds. The van der Waals surface area contributed by atoms with Crippen molar-refractivity contribution in [2.24, 2.45) is 0 Å². The quantitative estimate of drug-likeness (QED) is 0.909. The third-order valence-corrected chi connectivity index (χ3v) is 3.92. The van der Waals surface area contributed by atoms with Gasteiger partial charge >= 0.3 is 0 Å². The lowest BCUT2D eigenvalue weighted by Crippen LogP contribution is -2.45. The highest BCUT2D eigenvalue weighted by atomic mass is 79.9. The van der Waals surface area contributed by atoms with Gasteiger partial charge in [-0.2, -0.15) is 0 Å². The van der Waals surface area contributed by atoms with Crippen molar-refractivity contribution in [3.8, 4) is 0 Å². The maximum atomic E-state index is 13.4. The molecule has 1 fully saturated rings. The number of halogens is 4. The first-order chi connectivity index (χ1) is 8.24. The molecule has 1 heterocycles.